The Balaban J connectivity index is 1.91. The molecule has 0 amide bonds. The predicted octanol–water partition coefficient (Wildman–Crippen LogP) is 5.47. The number of rotatable bonds is 2. The van der Waals surface area contributed by atoms with Crippen molar-refractivity contribution in [3.8, 4) is 0 Å². The topological polar surface area (TPSA) is 12.4 Å². The lowest BCUT2D eigenvalue weighted by Gasteiger charge is -2.14. The summed E-state index contributed by atoms with van der Waals surface area (Å²) in [6, 6.07) is 7.81. The lowest BCUT2D eigenvalue weighted by molar-refractivity contribution is 0.949. The van der Waals surface area contributed by atoms with Gasteiger partial charge in [-0.15, -0.1) is 0 Å². The zero-order chi connectivity index (χ0) is 14.7. The van der Waals surface area contributed by atoms with E-state index in [4.69, 9.17) is 23.2 Å². The van der Waals surface area contributed by atoms with Gasteiger partial charge in [0.15, 0.2) is 0 Å². The van der Waals surface area contributed by atoms with E-state index in [0.29, 0.717) is 0 Å². The third-order valence-corrected chi connectivity index (χ3v) is 4.07. The number of hydrogen-bond acceptors (Lipinski definition) is 1. The van der Waals surface area contributed by atoms with Gasteiger partial charge >= 0.3 is 0 Å². The van der Waals surface area contributed by atoms with Crippen LogP contribution in [0.5, 0.6) is 0 Å². The highest BCUT2D eigenvalue weighted by molar-refractivity contribution is 6.30. The molecule has 1 aromatic carbocycles. The minimum Gasteiger partial charge on any atom is -0.284 e. The van der Waals surface area contributed by atoms with E-state index < -0.39 is 0 Å². The van der Waals surface area contributed by atoms with E-state index in [2.05, 4.69) is 29.3 Å². The summed E-state index contributed by atoms with van der Waals surface area (Å²) in [5.41, 5.74) is 4.63. The first-order valence-electron chi connectivity index (χ1n) is 6.96. The molecule has 0 saturated heterocycles. The molecule has 0 bridgehead atoms. The molecule has 1 aliphatic heterocycles. The highest BCUT2D eigenvalue weighted by Crippen LogP contribution is 2.25. The Morgan fingerprint density at radius 1 is 1.00 bits per heavy atom. The van der Waals surface area contributed by atoms with Gasteiger partial charge in [0.1, 0.15) is 0 Å². The van der Waals surface area contributed by atoms with Crippen molar-refractivity contribution in [3.05, 3.63) is 81.4 Å². The van der Waals surface area contributed by atoms with Crippen molar-refractivity contribution >= 4 is 28.9 Å². The molecule has 1 heterocycles. The van der Waals surface area contributed by atoms with Crippen LogP contribution in [0.2, 0.25) is 5.02 Å². The molecule has 0 aromatic heterocycles. The zero-order valence-corrected chi connectivity index (χ0v) is 13.0. The molecular formula is C18H15Cl2N. The lowest BCUT2D eigenvalue weighted by Crippen LogP contribution is -2.07. The Morgan fingerprint density at radius 2 is 1.81 bits per heavy atom. The standard InChI is InChI=1S/C18H15Cl2N/c19-16-3-1-2-13(4-7-16)15-10-11-21-18(12-15)14-5-8-17(20)9-6-14/h1-2,4-9,12H,3,10-11H2. The third-order valence-electron chi connectivity index (χ3n) is 3.54. The average molecular weight is 316 g/mol. The maximum absolute atomic E-state index is 6.07. The van der Waals surface area contributed by atoms with Crippen LogP contribution in [0.3, 0.4) is 0 Å². The molecule has 0 saturated carbocycles. The summed E-state index contributed by atoms with van der Waals surface area (Å²) in [6.45, 7) is 0.812. The van der Waals surface area contributed by atoms with E-state index in [0.717, 1.165) is 40.7 Å². The number of dihydropyridines is 1. The highest BCUT2D eigenvalue weighted by atomic mass is 35.5. The fraction of sp³-hybridized carbons (Fsp3) is 0.167. The number of allylic oxidation sites excluding steroid dienone is 7. The lowest BCUT2D eigenvalue weighted by atomic mass is 9.96. The molecular weight excluding hydrogens is 301 g/mol. The maximum atomic E-state index is 6.07. The number of nitrogens with zero attached hydrogens (tertiary/aromatic N) is 1. The summed E-state index contributed by atoms with van der Waals surface area (Å²) in [4.78, 5) is 4.62. The second-order valence-electron chi connectivity index (χ2n) is 5.04. The van der Waals surface area contributed by atoms with Crippen LogP contribution >= 0.6 is 23.2 Å². The number of halogens is 2. The van der Waals surface area contributed by atoms with Gasteiger partial charge in [0.05, 0.1) is 5.71 Å². The fourth-order valence-corrected chi connectivity index (χ4v) is 2.70. The molecule has 1 nitrogen and oxygen atoms in total. The van der Waals surface area contributed by atoms with Crippen molar-refractivity contribution in [3.63, 3.8) is 0 Å². The monoisotopic (exact) mass is 315 g/mol. The van der Waals surface area contributed by atoms with E-state index in [9.17, 15) is 0 Å². The largest absolute Gasteiger partial charge is 0.284 e. The summed E-state index contributed by atoms with van der Waals surface area (Å²) in [7, 11) is 0. The van der Waals surface area contributed by atoms with E-state index in [1.54, 1.807) is 0 Å². The van der Waals surface area contributed by atoms with Crippen LogP contribution in [0.25, 0.3) is 0 Å². The van der Waals surface area contributed by atoms with E-state index in [-0.39, 0.29) is 0 Å². The van der Waals surface area contributed by atoms with Crippen LogP contribution in [-0.4, -0.2) is 12.3 Å². The van der Waals surface area contributed by atoms with Crippen LogP contribution in [0.15, 0.2) is 75.8 Å². The van der Waals surface area contributed by atoms with Gasteiger partial charge in [-0.1, -0.05) is 53.6 Å². The second kappa shape index (κ2) is 6.46. The van der Waals surface area contributed by atoms with Crippen LogP contribution in [-0.2, 0) is 0 Å². The summed E-state index contributed by atoms with van der Waals surface area (Å²) >= 11 is 12.0. The number of benzene rings is 1. The Labute approximate surface area is 135 Å². The molecule has 0 fully saturated rings. The van der Waals surface area contributed by atoms with Crippen molar-refractivity contribution in [2.75, 3.05) is 6.54 Å². The van der Waals surface area contributed by atoms with Crippen LogP contribution < -0.4 is 0 Å². The summed E-state index contributed by atoms with van der Waals surface area (Å²) in [5, 5.41) is 1.61. The Morgan fingerprint density at radius 3 is 2.62 bits per heavy atom. The zero-order valence-electron chi connectivity index (χ0n) is 11.5. The molecule has 3 heteroatoms. The van der Waals surface area contributed by atoms with E-state index in [1.165, 1.54) is 11.1 Å². The molecule has 3 rings (SSSR count). The molecule has 1 aromatic rings. The average Bonchev–Trinajstić information content (AvgIpc) is 2.73. The fourth-order valence-electron chi connectivity index (χ4n) is 2.42. The Bertz CT molecular complexity index is 688. The van der Waals surface area contributed by atoms with Crippen molar-refractivity contribution in [2.24, 2.45) is 4.99 Å². The summed E-state index contributed by atoms with van der Waals surface area (Å²) in [5.74, 6) is 0. The molecule has 0 N–H and O–H groups in total. The third kappa shape index (κ3) is 3.55. The van der Waals surface area contributed by atoms with Gasteiger partial charge in [-0.3, -0.25) is 4.99 Å². The van der Waals surface area contributed by atoms with Gasteiger partial charge in [-0.05, 0) is 47.4 Å². The van der Waals surface area contributed by atoms with Gasteiger partial charge in [-0.25, -0.2) is 0 Å². The van der Waals surface area contributed by atoms with E-state index in [1.807, 2.05) is 30.3 Å². The molecule has 21 heavy (non-hydrogen) atoms. The first-order valence-corrected chi connectivity index (χ1v) is 7.72. The van der Waals surface area contributed by atoms with Gasteiger partial charge in [0.2, 0.25) is 0 Å². The van der Waals surface area contributed by atoms with Crippen molar-refractivity contribution < 1.29 is 0 Å². The SMILES string of the molecule is ClC1=CC=C(C2=CC(c3ccc(Cl)cc3)=NCC2)C=CC1. The predicted molar refractivity (Wildman–Crippen MR) is 91.3 cm³/mol. The van der Waals surface area contributed by atoms with Crippen LogP contribution in [0, 0.1) is 0 Å². The smallest absolute Gasteiger partial charge is 0.0649 e. The maximum Gasteiger partial charge on any atom is 0.0649 e. The van der Waals surface area contributed by atoms with Gasteiger partial charge in [0, 0.05) is 23.0 Å². The Hall–Kier alpha value is -1.57. The molecule has 0 radical (unpaired) electrons. The minimum absolute atomic E-state index is 0.744. The van der Waals surface area contributed by atoms with Gasteiger partial charge in [0.25, 0.3) is 0 Å². The van der Waals surface area contributed by atoms with Crippen LogP contribution in [0.4, 0.5) is 0 Å². The van der Waals surface area contributed by atoms with Gasteiger partial charge < -0.3 is 0 Å². The Kier molecular flexibility index (Phi) is 4.42. The first-order chi connectivity index (χ1) is 10.2. The number of hydrogen-bond donors (Lipinski definition) is 0. The van der Waals surface area contributed by atoms with Crippen molar-refractivity contribution in [2.45, 2.75) is 12.8 Å². The quantitative estimate of drug-likeness (QED) is 0.686. The molecule has 106 valence electrons. The molecule has 0 spiro atoms. The normalized spacial score (nSPS) is 18.4. The first kappa shape index (κ1) is 14.4. The summed E-state index contributed by atoms with van der Waals surface area (Å²) in [6.07, 6.45) is 12.2. The molecule has 2 aliphatic rings. The molecule has 0 unspecified atom stereocenters. The van der Waals surface area contributed by atoms with Crippen molar-refractivity contribution in [1.29, 1.82) is 0 Å². The van der Waals surface area contributed by atoms with Gasteiger partial charge in [-0.2, -0.15) is 0 Å². The summed E-state index contributed by atoms with van der Waals surface area (Å²) < 4.78 is 0. The van der Waals surface area contributed by atoms with Crippen molar-refractivity contribution in [1.82, 2.24) is 0 Å². The molecule has 0 atom stereocenters. The second-order valence-corrected chi connectivity index (χ2v) is 5.96. The van der Waals surface area contributed by atoms with E-state index >= 15 is 0 Å². The highest BCUT2D eigenvalue weighted by Gasteiger charge is 2.11. The number of aliphatic imine (C=N–C) groups is 1. The van der Waals surface area contributed by atoms with Crippen LogP contribution in [0.1, 0.15) is 18.4 Å². The molecule has 1 aliphatic carbocycles. The minimum atomic E-state index is 0.744.